The molecule has 1 heterocycles. The van der Waals surface area contributed by atoms with Gasteiger partial charge in [-0.25, -0.2) is 0 Å². The van der Waals surface area contributed by atoms with E-state index in [1.54, 1.807) is 4.90 Å². The van der Waals surface area contributed by atoms with Crippen LogP contribution >= 0.6 is 0 Å². The molecule has 0 bridgehead atoms. The molecule has 0 saturated carbocycles. The molecule has 0 aliphatic carbocycles. The second kappa shape index (κ2) is 8.53. The molecule has 26 heavy (non-hydrogen) atoms. The summed E-state index contributed by atoms with van der Waals surface area (Å²) in [6, 6.07) is 4.44. The predicted octanol–water partition coefficient (Wildman–Crippen LogP) is 2.33. The first-order valence-electron chi connectivity index (χ1n) is 8.73. The van der Waals surface area contributed by atoms with Crippen LogP contribution in [0.25, 0.3) is 0 Å². The lowest BCUT2D eigenvalue weighted by Gasteiger charge is -2.35. The highest BCUT2D eigenvalue weighted by Crippen LogP contribution is 2.29. The molecule has 1 aromatic rings. The lowest BCUT2D eigenvalue weighted by atomic mass is 10.1. The Labute approximate surface area is 151 Å². The van der Waals surface area contributed by atoms with E-state index < -0.39 is 17.6 Å². The lowest BCUT2D eigenvalue weighted by Crippen LogP contribution is -2.52. The van der Waals surface area contributed by atoms with Crippen molar-refractivity contribution in [2.24, 2.45) is 0 Å². The minimum atomic E-state index is -4.48. The number of carbonyl (C=O) groups excluding carboxylic acids is 2. The van der Waals surface area contributed by atoms with E-state index >= 15 is 0 Å². The maximum atomic E-state index is 12.8. The fraction of sp³-hybridized carbons (Fsp3) is 0.556. The standard InChI is InChI=1S/C18H24F3N3O2/c1-3-22(4-2)13-16(25)23-8-10-24(11-9-23)17(26)14-6-5-7-15(12-14)18(19,20)21/h5-7,12H,3-4,8-11,13H2,1-2H3. The van der Waals surface area contributed by atoms with Crippen molar-refractivity contribution in [2.45, 2.75) is 20.0 Å². The van der Waals surface area contributed by atoms with E-state index in [1.807, 2.05) is 18.7 Å². The Hall–Kier alpha value is -2.09. The third-order valence-electron chi connectivity index (χ3n) is 4.61. The van der Waals surface area contributed by atoms with Crippen LogP contribution in [0.4, 0.5) is 13.2 Å². The average molecular weight is 371 g/mol. The van der Waals surface area contributed by atoms with Gasteiger partial charge in [0.1, 0.15) is 0 Å². The summed E-state index contributed by atoms with van der Waals surface area (Å²) < 4.78 is 38.4. The monoisotopic (exact) mass is 371 g/mol. The number of piperazine rings is 1. The second-order valence-electron chi connectivity index (χ2n) is 6.21. The first-order valence-corrected chi connectivity index (χ1v) is 8.73. The molecule has 0 atom stereocenters. The van der Waals surface area contributed by atoms with Gasteiger partial charge in [-0.1, -0.05) is 19.9 Å². The summed E-state index contributed by atoms with van der Waals surface area (Å²) in [5.74, 6) is -0.424. The van der Waals surface area contributed by atoms with E-state index in [9.17, 15) is 22.8 Å². The van der Waals surface area contributed by atoms with Crippen molar-refractivity contribution < 1.29 is 22.8 Å². The molecule has 0 aromatic heterocycles. The Morgan fingerprint density at radius 2 is 1.62 bits per heavy atom. The molecule has 5 nitrogen and oxygen atoms in total. The van der Waals surface area contributed by atoms with Crippen molar-refractivity contribution in [3.05, 3.63) is 35.4 Å². The predicted molar refractivity (Wildman–Crippen MR) is 91.7 cm³/mol. The third kappa shape index (κ3) is 4.97. The fourth-order valence-electron chi connectivity index (χ4n) is 2.91. The molecule has 1 aromatic carbocycles. The zero-order valence-electron chi connectivity index (χ0n) is 15.1. The van der Waals surface area contributed by atoms with E-state index in [0.717, 1.165) is 25.2 Å². The smallest absolute Gasteiger partial charge is 0.338 e. The highest BCUT2D eigenvalue weighted by Gasteiger charge is 2.32. The Kier molecular flexibility index (Phi) is 6.63. The number of likely N-dealkylation sites (N-methyl/N-ethyl adjacent to an activating group) is 1. The number of alkyl halides is 3. The van der Waals surface area contributed by atoms with Gasteiger partial charge < -0.3 is 9.80 Å². The SMILES string of the molecule is CCN(CC)CC(=O)N1CCN(C(=O)c2cccc(C(F)(F)F)c2)CC1. The topological polar surface area (TPSA) is 43.9 Å². The molecule has 2 rings (SSSR count). The van der Waals surface area contributed by atoms with E-state index in [1.165, 1.54) is 17.0 Å². The maximum absolute atomic E-state index is 12.8. The largest absolute Gasteiger partial charge is 0.416 e. The molecule has 0 unspecified atom stereocenters. The highest BCUT2D eigenvalue weighted by molar-refractivity contribution is 5.94. The van der Waals surface area contributed by atoms with Crippen LogP contribution in [0.5, 0.6) is 0 Å². The summed E-state index contributed by atoms with van der Waals surface area (Å²) in [6.45, 7) is 7.32. The van der Waals surface area contributed by atoms with E-state index in [4.69, 9.17) is 0 Å². The molecule has 1 aliphatic heterocycles. The molecule has 144 valence electrons. The van der Waals surface area contributed by atoms with Gasteiger partial charge in [-0.15, -0.1) is 0 Å². The minimum absolute atomic E-state index is 0.0138. The van der Waals surface area contributed by atoms with Gasteiger partial charge in [0.05, 0.1) is 12.1 Å². The van der Waals surface area contributed by atoms with Gasteiger partial charge in [0.25, 0.3) is 5.91 Å². The van der Waals surface area contributed by atoms with Crippen LogP contribution < -0.4 is 0 Å². The second-order valence-corrected chi connectivity index (χ2v) is 6.21. The van der Waals surface area contributed by atoms with Crippen molar-refractivity contribution in [3.63, 3.8) is 0 Å². The van der Waals surface area contributed by atoms with Crippen LogP contribution in [0.2, 0.25) is 0 Å². The van der Waals surface area contributed by atoms with Crippen molar-refractivity contribution in [1.29, 1.82) is 0 Å². The maximum Gasteiger partial charge on any atom is 0.416 e. The molecule has 2 amide bonds. The number of rotatable bonds is 5. The molecular weight excluding hydrogens is 347 g/mol. The van der Waals surface area contributed by atoms with Crippen molar-refractivity contribution in [2.75, 3.05) is 45.8 Å². The summed E-state index contributed by atoms with van der Waals surface area (Å²) in [6.07, 6.45) is -4.48. The fourth-order valence-corrected chi connectivity index (χ4v) is 2.91. The number of benzene rings is 1. The Bertz CT molecular complexity index is 637. The van der Waals surface area contributed by atoms with Crippen LogP contribution in [-0.2, 0) is 11.0 Å². The lowest BCUT2D eigenvalue weighted by molar-refractivity contribution is -0.137. The molecular formula is C18H24F3N3O2. The highest BCUT2D eigenvalue weighted by atomic mass is 19.4. The van der Waals surface area contributed by atoms with Gasteiger partial charge in [0, 0.05) is 31.7 Å². The number of hydrogen-bond acceptors (Lipinski definition) is 3. The molecule has 0 radical (unpaired) electrons. The number of nitrogens with zero attached hydrogens (tertiary/aromatic N) is 3. The Balaban J connectivity index is 1.95. The molecule has 0 N–H and O–H groups in total. The van der Waals surface area contributed by atoms with E-state index in [-0.39, 0.29) is 11.5 Å². The summed E-state index contributed by atoms with van der Waals surface area (Å²) in [7, 11) is 0. The Morgan fingerprint density at radius 3 is 2.15 bits per heavy atom. The molecule has 1 saturated heterocycles. The third-order valence-corrected chi connectivity index (χ3v) is 4.61. The summed E-state index contributed by atoms with van der Waals surface area (Å²) in [5, 5.41) is 0. The summed E-state index contributed by atoms with van der Waals surface area (Å²) in [5.41, 5.74) is -0.820. The molecule has 8 heteroatoms. The van der Waals surface area contributed by atoms with Gasteiger partial charge in [-0.3, -0.25) is 14.5 Å². The van der Waals surface area contributed by atoms with Crippen molar-refractivity contribution in [1.82, 2.24) is 14.7 Å². The minimum Gasteiger partial charge on any atom is -0.338 e. The van der Waals surface area contributed by atoms with Gasteiger partial charge >= 0.3 is 6.18 Å². The number of hydrogen-bond donors (Lipinski definition) is 0. The van der Waals surface area contributed by atoms with Crippen LogP contribution in [0.15, 0.2) is 24.3 Å². The number of halogens is 3. The van der Waals surface area contributed by atoms with Crippen LogP contribution in [-0.4, -0.2) is 72.3 Å². The number of carbonyl (C=O) groups is 2. The van der Waals surface area contributed by atoms with Crippen LogP contribution in [0, 0.1) is 0 Å². The van der Waals surface area contributed by atoms with Gasteiger partial charge in [0.2, 0.25) is 5.91 Å². The van der Waals surface area contributed by atoms with E-state index in [2.05, 4.69) is 0 Å². The summed E-state index contributed by atoms with van der Waals surface area (Å²) >= 11 is 0. The van der Waals surface area contributed by atoms with Crippen LogP contribution in [0.3, 0.4) is 0 Å². The van der Waals surface area contributed by atoms with Crippen LogP contribution in [0.1, 0.15) is 29.8 Å². The van der Waals surface area contributed by atoms with Gasteiger partial charge in [-0.2, -0.15) is 13.2 Å². The first-order chi connectivity index (χ1) is 12.3. The average Bonchev–Trinajstić information content (AvgIpc) is 2.64. The molecule has 1 aliphatic rings. The quantitative estimate of drug-likeness (QED) is 0.798. The summed E-state index contributed by atoms with van der Waals surface area (Å²) in [4.78, 5) is 30.0. The molecule has 1 fully saturated rings. The normalized spacial score (nSPS) is 15.5. The molecule has 0 spiro atoms. The zero-order chi connectivity index (χ0) is 19.3. The number of amides is 2. The van der Waals surface area contributed by atoms with Gasteiger partial charge in [-0.05, 0) is 31.3 Å². The first kappa shape index (κ1) is 20.2. The van der Waals surface area contributed by atoms with Gasteiger partial charge in [0.15, 0.2) is 0 Å². The van der Waals surface area contributed by atoms with Crippen molar-refractivity contribution >= 4 is 11.8 Å². The zero-order valence-corrected chi connectivity index (χ0v) is 15.1. The van der Waals surface area contributed by atoms with E-state index in [0.29, 0.717) is 32.7 Å². The van der Waals surface area contributed by atoms with Crippen molar-refractivity contribution in [3.8, 4) is 0 Å². The Morgan fingerprint density at radius 1 is 1.04 bits per heavy atom.